The van der Waals surface area contributed by atoms with Crippen molar-refractivity contribution in [3.63, 3.8) is 0 Å². The molecule has 0 heterocycles. The van der Waals surface area contributed by atoms with Crippen LogP contribution in [0.15, 0.2) is 18.2 Å². The predicted molar refractivity (Wildman–Crippen MR) is 62.6 cm³/mol. The molecule has 1 aromatic rings. The largest absolute Gasteiger partial charge is 0.489 e. The van der Waals surface area contributed by atoms with Gasteiger partial charge in [-0.05, 0) is 24.1 Å². The monoisotopic (exact) mass is 263 g/mol. The van der Waals surface area contributed by atoms with Crippen molar-refractivity contribution >= 4 is 5.69 Å². The maximum Gasteiger partial charge on any atom is 0.411 e. The van der Waals surface area contributed by atoms with Crippen LogP contribution in [0.25, 0.3) is 0 Å². The summed E-state index contributed by atoms with van der Waals surface area (Å²) < 4.78 is 45.0. The second-order valence-corrected chi connectivity index (χ2v) is 3.74. The minimum absolute atomic E-state index is 0.0335. The Balaban J connectivity index is 2.31. The van der Waals surface area contributed by atoms with Crippen LogP contribution in [0.2, 0.25) is 0 Å². The molecule has 0 saturated carbocycles. The van der Waals surface area contributed by atoms with E-state index >= 15 is 0 Å². The molecule has 0 amide bonds. The molecule has 2 N–H and O–H groups in total. The summed E-state index contributed by atoms with van der Waals surface area (Å²) in [6.07, 6.45) is -3.44. The van der Waals surface area contributed by atoms with E-state index in [0.29, 0.717) is 11.4 Å². The van der Waals surface area contributed by atoms with E-state index in [0.717, 1.165) is 12.0 Å². The Morgan fingerprint density at radius 1 is 1.22 bits per heavy atom. The SMILES string of the molecule is CCc1ccc(OCCOCC(F)(F)F)c(N)c1. The minimum atomic E-state index is -4.30. The maximum atomic E-state index is 11.8. The number of rotatable bonds is 6. The summed E-state index contributed by atoms with van der Waals surface area (Å²) in [6.45, 7) is 0.640. The molecule has 6 heteroatoms. The molecule has 3 nitrogen and oxygen atoms in total. The zero-order valence-corrected chi connectivity index (χ0v) is 10.1. The molecule has 0 aliphatic heterocycles. The molecule has 0 aromatic heterocycles. The van der Waals surface area contributed by atoms with Gasteiger partial charge in [-0.1, -0.05) is 13.0 Å². The van der Waals surface area contributed by atoms with E-state index in [2.05, 4.69) is 4.74 Å². The van der Waals surface area contributed by atoms with E-state index in [-0.39, 0.29) is 13.2 Å². The number of ether oxygens (including phenoxy) is 2. The van der Waals surface area contributed by atoms with Gasteiger partial charge < -0.3 is 15.2 Å². The average Bonchev–Trinajstić information content (AvgIpc) is 2.29. The van der Waals surface area contributed by atoms with E-state index in [1.807, 2.05) is 13.0 Å². The van der Waals surface area contributed by atoms with Crippen LogP contribution < -0.4 is 10.5 Å². The average molecular weight is 263 g/mol. The van der Waals surface area contributed by atoms with Gasteiger partial charge in [-0.25, -0.2) is 0 Å². The van der Waals surface area contributed by atoms with Gasteiger partial charge in [-0.15, -0.1) is 0 Å². The van der Waals surface area contributed by atoms with Crippen molar-refractivity contribution in [1.29, 1.82) is 0 Å². The molecule has 0 atom stereocenters. The molecule has 18 heavy (non-hydrogen) atoms. The van der Waals surface area contributed by atoms with Gasteiger partial charge in [0, 0.05) is 0 Å². The number of nitrogens with two attached hydrogens (primary N) is 1. The summed E-state index contributed by atoms with van der Waals surface area (Å²) in [6, 6.07) is 5.35. The van der Waals surface area contributed by atoms with Crippen molar-refractivity contribution in [3.05, 3.63) is 23.8 Å². The molecular formula is C12H16F3NO2. The fourth-order valence-electron chi connectivity index (χ4n) is 1.35. The third-order valence-electron chi connectivity index (χ3n) is 2.23. The lowest BCUT2D eigenvalue weighted by molar-refractivity contribution is -0.175. The van der Waals surface area contributed by atoms with E-state index in [1.165, 1.54) is 0 Å². The minimum Gasteiger partial charge on any atom is -0.489 e. The molecule has 102 valence electrons. The number of hydrogen-bond acceptors (Lipinski definition) is 3. The Bertz CT molecular complexity index is 380. The molecular weight excluding hydrogens is 247 g/mol. The number of halogens is 3. The smallest absolute Gasteiger partial charge is 0.411 e. The zero-order chi connectivity index (χ0) is 13.6. The lowest BCUT2D eigenvalue weighted by atomic mass is 10.1. The summed E-state index contributed by atoms with van der Waals surface area (Å²) in [5.74, 6) is 0.461. The molecule has 0 fully saturated rings. The fraction of sp³-hybridized carbons (Fsp3) is 0.500. The van der Waals surface area contributed by atoms with Crippen LogP contribution in [0.3, 0.4) is 0 Å². The van der Waals surface area contributed by atoms with Crippen LogP contribution in [-0.4, -0.2) is 26.0 Å². The first kappa shape index (κ1) is 14.6. The van der Waals surface area contributed by atoms with E-state index in [4.69, 9.17) is 10.5 Å². The third-order valence-corrected chi connectivity index (χ3v) is 2.23. The zero-order valence-electron chi connectivity index (χ0n) is 10.1. The second-order valence-electron chi connectivity index (χ2n) is 3.74. The van der Waals surface area contributed by atoms with Crippen LogP contribution in [0.4, 0.5) is 18.9 Å². The van der Waals surface area contributed by atoms with Crippen LogP contribution in [0, 0.1) is 0 Å². The first-order chi connectivity index (χ1) is 8.42. The Kier molecular flexibility index (Phi) is 5.27. The van der Waals surface area contributed by atoms with Crippen molar-refractivity contribution in [3.8, 4) is 5.75 Å². The molecule has 1 rings (SSSR count). The quantitative estimate of drug-likeness (QED) is 0.634. The van der Waals surface area contributed by atoms with Crippen molar-refractivity contribution in [1.82, 2.24) is 0 Å². The van der Waals surface area contributed by atoms with E-state index < -0.39 is 12.8 Å². The number of benzene rings is 1. The highest BCUT2D eigenvalue weighted by Gasteiger charge is 2.27. The number of nitrogen functional groups attached to an aromatic ring is 1. The van der Waals surface area contributed by atoms with Gasteiger partial charge in [0.25, 0.3) is 0 Å². The van der Waals surface area contributed by atoms with Crippen molar-refractivity contribution in [2.75, 3.05) is 25.6 Å². The molecule has 0 unspecified atom stereocenters. The molecule has 0 radical (unpaired) electrons. The second kappa shape index (κ2) is 6.49. The Morgan fingerprint density at radius 3 is 2.50 bits per heavy atom. The lowest BCUT2D eigenvalue weighted by Gasteiger charge is -2.11. The summed E-state index contributed by atoms with van der Waals surface area (Å²) in [5.41, 5.74) is 7.29. The van der Waals surface area contributed by atoms with Crippen molar-refractivity contribution in [2.45, 2.75) is 19.5 Å². The van der Waals surface area contributed by atoms with Crippen LogP contribution in [0.1, 0.15) is 12.5 Å². The molecule has 0 bridgehead atoms. The van der Waals surface area contributed by atoms with Crippen LogP contribution >= 0.6 is 0 Å². The first-order valence-corrected chi connectivity index (χ1v) is 5.58. The Hall–Kier alpha value is -1.43. The normalized spacial score (nSPS) is 11.6. The summed E-state index contributed by atoms with van der Waals surface area (Å²) in [7, 11) is 0. The first-order valence-electron chi connectivity index (χ1n) is 5.58. The van der Waals surface area contributed by atoms with Gasteiger partial charge in [0.1, 0.15) is 19.0 Å². The Morgan fingerprint density at radius 2 is 1.94 bits per heavy atom. The standard InChI is InChI=1S/C12H16F3NO2/c1-2-9-3-4-11(10(16)7-9)18-6-5-17-8-12(13,14)15/h3-4,7H,2,5-6,8,16H2,1H3. The van der Waals surface area contributed by atoms with E-state index in [1.54, 1.807) is 12.1 Å². The molecule has 0 aliphatic carbocycles. The van der Waals surface area contributed by atoms with E-state index in [9.17, 15) is 13.2 Å². The van der Waals surface area contributed by atoms with Gasteiger partial charge in [-0.2, -0.15) is 13.2 Å². The summed E-state index contributed by atoms with van der Waals surface area (Å²) in [5, 5.41) is 0. The molecule has 0 spiro atoms. The maximum absolute atomic E-state index is 11.8. The van der Waals surface area contributed by atoms with Crippen molar-refractivity contribution in [2.24, 2.45) is 0 Å². The van der Waals surface area contributed by atoms with Crippen LogP contribution in [-0.2, 0) is 11.2 Å². The molecule has 1 aromatic carbocycles. The number of aryl methyl sites for hydroxylation is 1. The van der Waals surface area contributed by atoms with Gasteiger partial charge in [0.05, 0.1) is 12.3 Å². The summed E-state index contributed by atoms with van der Waals surface area (Å²) >= 11 is 0. The number of hydrogen-bond donors (Lipinski definition) is 1. The Labute approximate surface area is 104 Å². The number of alkyl halides is 3. The van der Waals surface area contributed by atoms with Gasteiger partial charge in [-0.3, -0.25) is 0 Å². The van der Waals surface area contributed by atoms with Crippen molar-refractivity contribution < 1.29 is 22.6 Å². The summed E-state index contributed by atoms with van der Waals surface area (Å²) in [4.78, 5) is 0. The third kappa shape index (κ3) is 5.27. The lowest BCUT2D eigenvalue weighted by Crippen LogP contribution is -2.19. The number of anilines is 1. The topological polar surface area (TPSA) is 44.5 Å². The fourth-order valence-corrected chi connectivity index (χ4v) is 1.35. The predicted octanol–water partition coefficient (Wildman–Crippen LogP) is 2.79. The van der Waals surface area contributed by atoms with Gasteiger partial charge in [0.15, 0.2) is 0 Å². The molecule has 0 aliphatic rings. The highest BCUT2D eigenvalue weighted by atomic mass is 19.4. The highest BCUT2D eigenvalue weighted by molar-refractivity contribution is 5.54. The van der Waals surface area contributed by atoms with Crippen LogP contribution in [0.5, 0.6) is 5.75 Å². The van der Waals surface area contributed by atoms with Gasteiger partial charge >= 0.3 is 6.18 Å². The van der Waals surface area contributed by atoms with Gasteiger partial charge in [0.2, 0.25) is 0 Å². The molecule has 0 saturated heterocycles. The highest BCUT2D eigenvalue weighted by Crippen LogP contribution is 2.22.